The number of pyridine rings is 1. The van der Waals surface area contributed by atoms with Gasteiger partial charge in [-0.3, -0.25) is 4.98 Å². The van der Waals surface area contributed by atoms with Crippen LogP contribution < -0.4 is 5.73 Å². The first-order valence-electron chi connectivity index (χ1n) is 6.37. The van der Waals surface area contributed by atoms with Crippen molar-refractivity contribution in [2.24, 2.45) is 0 Å². The van der Waals surface area contributed by atoms with E-state index in [1.807, 2.05) is 18.2 Å². The van der Waals surface area contributed by atoms with Crippen molar-refractivity contribution in [2.75, 3.05) is 5.73 Å². The minimum atomic E-state index is 0.651. The summed E-state index contributed by atoms with van der Waals surface area (Å²) in [5.74, 6) is 1.44. The molecule has 92 valence electrons. The fourth-order valence-electron chi connectivity index (χ4n) is 2.42. The maximum absolute atomic E-state index is 6.02. The molecule has 0 aromatic carbocycles. The van der Waals surface area contributed by atoms with E-state index in [0.717, 1.165) is 35.6 Å². The van der Waals surface area contributed by atoms with Gasteiger partial charge in [0.05, 0.1) is 6.42 Å². The molecule has 0 spiro atoms. The van der Waals surface area contributed by atoms with E-state index in [4.69, 9.17) is 5.73 Å². The van der Waals surface area contributed by atoms with Crippen molar-refractivity contribution in [3.8, 4) is 0 Å². The summed E-state index contributed by atoms with van der Waals surface area (Å²) in [6.45, 7) is 0. The van der Waals surface area contributed by atoms with E-state index in [2.05, 4.69) is 15.0 Å². The van der Waals surface area contributed by atoms with Crippen LogP contribution in [-0.2, 0) is 19.3 Å². The van der Waals surface area contributed by atoms with E-state index in [-0.39, 0.29) is 0 Å². The summed E-state index contributed by atoms with van der Waals surface area (Å²) < 4.78 is 0. The lowest BCUT2D eigenvalue weighted by atomic mass is 9.96. The maximum Gasteiger partial charge on any atom is 0.136 e. The highest BCUT2D eigenvalue weighted by Gasteiger charge is 2.16. The number of hydrogen-bond acceptors (Lipinski definition) is 4. The summed E-state index contributed by atoms with van der Waals surface area (Å²) in [5.41, 5.74) is 9.30. The van der Waals surface area contributed by atoms with Crippen LogP contribution in [0.25, 0.3) is 0 Å². The highest BCUT2D eigenvalue weighted by atomic mass is 15.0. The topological polar surface area (TPSA) is 64.7 Å². The van der Waals surface area contributed by atoms with Crippen molar-refractivity contribution in [2.45, 2.75) is 32.1 Å². The Hall–Kier alpha value is -1.97. The summed E-state index contributed by atoms with van der Waals surface area (Å²) in [4.78, 5) is 13.3. The highest BCUT2D eigenvalue weighted by molar-refractivity contribution is 5.43. The van der Waals surface area contributed by atoms with E-state index < -0.39 is 0 Å². The fourth-order valence-corrected chi connectivity index (χ4v) is 2.42. The van der Waals surface area contributed by atoms with Crippen LogP contribution in [0.5, 0.6) is 0 Å². The van der Waals surface area contributed by atoms with Gasteiger partial charge in [0.25, 0.3) is 0 Å². The number of nitrogen functional groups attached to an aromatic ring is 1. The fraction of sp³-hybridized carbons (Fsp3) is 0.357. The molecule has 4 nitrogen and oxygen atoms in total. The zero-order chi connectivity index (χ0) is 12.4. The summed E-state index contributed by atoms with van der Waals surface area (Å²) in [6.07, 6.45) is 6.88. The average Bonchev–Trinajstić information content (AvgIpc) is 2.40. The van der Waals surface area contributed by atoms with Crippen LogP contribution in [0.2, 0.25) is 0 Å². The summed E-state index contributed by atoms with van der Waals surface area (Å²) in [6, 6.07) is 5.87. The van der Waals surface area contributed by atoms with Gasteiger partial charge in [-0.2, -0.15) is 0 Å². The van der Waals surface area contributed by atoms with Gasteiger partial charge < -0.3 is 5.73 Å². The lowest BCUT2D eigenvalue weighted by Crippen LogP contribution is -2.13. The van der Waals surface area contributed by atoms with E-state index in [9.17, 15) is 0 Å². The third kappa shape index (κ3) is 2.18. The first-order chi connectivity index (χ1) is 8.83. The molecule has 3 rings (SSSR count). The van der Waals surface area contributed by atoms with Gasteiger partial charge in [-0.15, -0.1) is 0 Å². The quantitative estimate of drug-likeness (QED) is 0.871. The third-order valence-electron chi connectivity index (χ3n) is 3.33. The van der Waals surface area contributed by atoms with Crippen LogP contribution in [0.1, 0.15) is 35.6 Å². The first-order valence-corrected chi connectivity index (χ1v) is 6.37. The Morgan fingerprint density at radius 2 is 2.00 bits per heavy atom. The van der Waals surface area contributed by atoms with E-state index in [1.54, 1.807) is 6.20 Å². The normalized spacial score (nSPS) is 14.2. The zero-order valence-electron chi connectivity index (χ0n) is 10.3. The molecule has 0 aliphatic heterocycles. The van der Waals surface area contributed by atoms with Gasteiger partial charge >= 0.3 is 0 Å². The van der Waals surface area contributed by atoms with Crippen LogP contribution in [0.3, 0.4) is 0 Å². The summed E-state index contributed by atoms with van der Waals surface area (Å²) >= 11 is 0. The number of rotatable bonds is 2. The molecular formula is C14H16N4. The molecule has 0 atom stereocenters. The van der Waals surface area contributed by atoms with Crippen LogP contribution in [0, 0.1) is 0 Å². The van der Waals surface area contributed by atoms with Crippen molar-refractivity contribution in [1.29, 1.82) is 0 Å². The van der Waals surface area contributed by atoms with Gasteiger partial charge in [-0.1, -0.05) is 6.07 Å². The van der Waals surface area contributed by atoms with E-state index in [0.29, 0.717) is 12.2 Å². The Morgan fingerprint density at radius 1 is 1.11 bits per heavy atom. The number of hydrogen-bond donors (Lipinski definition) is 1. The lowest BCUT2D eigenvalue weighted by Gasteiger charge is -2.16. The molecular weight excluding hydrogens is 224 g/mol. The summed E-state index contributed by atoms with van der Waals surface area (Å²) in [5, 5.41) is 0. The second kappa shape index (κ2) is 4.72. The van der Waals surface area contributed by atoms with Crippen molar-refractivity contribution in [1.82, 2.24) is 15.0 Å². The molecule has 0 unspecified atom stereocenters. The van der Waals surface area contributed by atoms with Gasteiger partial charge in [0, 0.05) is 23.1 Å². The zero-order valence-corrected chi connectivity index (χ0v) is 10.3. The molecule has 1 aliphatic carbocycles. The maximum atomic E-state index is 6.02. The molecule has 0 radical (unpaired) electrons. The molecule has 0 fully saturated rings. The van der Waals surface area contributed by atoms with Gasteiger partial charge in [-0.25, -0.2) is 9.97 Å². The van der Waals surface area contributed by atoms with Crippen molar-refractivity contribution in [3.05, 3.63) is 47.2 Å². The van der Waals surface area contributed by atoms with Gasteiger partial charge in [0.1, 0.15) is 11.6 Å². The Bertz CT molecular complexity index is 551. The van der Waals surface area contributed by atoms with Gasteiger partial charge in [0.15, 0.2) is 0 Å². The lowest BCUT2D eigenvalue weighted by molar-refractivity contribution is 0.658. The molecule has 2 N–H and O–H groups in total. The Labute approximate surface area is 106 Å². The standard InChI is InChI=1S/C14H16N4/c15-14-11-6-1-2-7-12(11)17-13(18-14)9-10-5-3-4-8-16-10/h3-5,8H,1-2,6-7,9H2,(H2,15,17,18). The van der Waals surface area contributed by atoms with E-state index >= 15 is 0 Å². The van der Waals surface area contributed by atoms with Gasteiger partial charge in [0.2, 0.25) is 0 Å². The molecule has 18 heavy (non-hydrogen) atoms. The Kier molecular flexibility index (Phi) is 2.92. The molecule has 0 bridgehead atoms. The number of anilines is 1. The van der Waals surface area contributed by atoms with Crippen LogP contribution in [-0.4, -0.2) is 15.0 Å². The molecule has 4 heteroatoms. The molecule has 2 aromatic rings. The van der Waals surface area contributed by atoms with Crippen LogP contribution in [0.4, 0.5) is 5.82 Å². The number of nitrogens with two attached hydrogens (primary N) is 1. The smallest absolute Gasteiger partial charge is 0.136 e. The minimum Gasteiger partial charge on any atom is -0.383 e. The Balaban J connectivity index is 1.91. The second-order valence-corrected chi connectivity index (χ2v) is 4.66. The predicted octanol–water partition coefficient (Wildman–Crippen LogP) is 1.92. The molecule has 0 saturated carbocycles. The molecule has 2 aromatic heterocycles. The van der Waals surface area contributed by atoms with Gasteiger partial charge in [-0.05, 0) is 37.8 Å². The van der Waals surface area contributed by atoms with Crippen molar-refractivity contribution in [3.63, 3.8) is 0 Å². The summed E-state index contributed by atoms with van der Waals surface area (Å²) in [7, 11) is 0. The van der Waals surface area contributed by atoms with Crippen molar-refractivity contribution >= 4 is 5.82 Å². The number of aromatic nitrogens is 3. The second-order valence-electron chi connectivity index (χ2n) is 4.66. The largest absolute Gasteiger partial charge is 0.383 e. The SMILES string of the molecule is Nc1nc(Cc2ccccn2)nc2c1CCCC2. The Morgan fingerprint density at radius 3 is 2.83 bits per heavy atom. The van der Waals surface area contributed by atoms with E-state index in [1.165, 1.54) is 12.8 Å². The third-order valence-corrected chi connectivity index (χ3v) is 3.33. The predicted molar refractivity (Wildman–Crippen MR) is 70.1 cm³/mol. The minimum absolute atomic E-state index is 0.651. The number of fused-ring (bicyclic) bond motifs is 1. The van der Waals surface area contributed by atoms with Crippen LogP contribution in [0.15, 0.2) is 24.4 Å². The average molecular weight is 240 g/mol. The molecule has 1 aliphatic rings. The highest BCUT2D eigenvalue weighted by Crippen LogP contribution is 2.23. The first kappa shape index (κ1) is 11.1. The van der Waals surface area contributed by atoms with Crippen molar-refractivity contribution < 1.29 is 0 Å². The number of aryl methyl sites for hydroxylation is 1. The molecule has 0 amide bonds. The monoisotopic (exact) mass is 240 g/mol. The number of nitrogens with zero attached hydrogens (tertiary/aromatic N) is 3. The molecule has 0 saturated heterocycles. The molecule has 2 heterocycles. The van der Waals surface area contributed by atoms with Crippen LogP contribution >= 0.6 is 0 Å².